The van der Waals surface area contributed by atoms with Gasteiger partial charge in [0.15, 0.2) is 5.78 Å². The van der Waals surface area contributed by atoms with E-state index in [9.17, 15) is 9.59 Å². The molecule has 1 amide bonds. The minimum absolute atomic E-state index is 0.190. The molecule has 0 aromatic heterocycles. The molecule has 0 aliphatic heterocycles. The molecule has 0 bridgehead atoms. The van der Waals surface area contributed by atoms with Crippen molar-refractivity contribution in [3.8, 4) is 0 Å². The number of primary amides is 1. The van der Waals surface area contributed by atoms with Crippen LogP contribution in [0.3, 0.4) is 0 Å². The molecule has 0 fully saturated rings. The van der Waals surface area contributed by atoms with Crippen LogP contribution in [0.2, 0.25) is 0 Å². The third kappa shape index (κ3) is 2.30. The number of benzene rings is 2. The Bertz CT molecular complexity index is 600. The van der Waals surface area contributed by atoms with Crippen molar-refractivity contribution in [1.82, 2.24) is 0 Å². The maximum atomic E-state index is 12.3. The molecule has 0 saturated carbocycles. The van der Waals surface area contributed by atoms with Gasteiger partial charge in [0.05, 0.1) is 5.56 Å². The lowest BCUT2D eigenvalue weighted by Crippen LogP contribution is -2.16. The molecule has 0 heterocycles. The van der Waals surface area contributed by atoms with E-state index in [4.69, 9.17) is 5.73 Å². The highest BCUT2D eigenvalue weighted by molar-refractivity contribution is 6.15. The first-order chi connectivity index (χ1) is 8.59. The number of aryl methyl sites for hydroxylation is 1. The summed E-state index contributed by atoms with van der Waals surface area (Å²) in [6.45, 7) is 1.95. The fourth-order valence-corrected chi connectivity index (χ4v) is 1.76. The van der Waals surface area contributed by atoms with Crippen LogP contribution < -0.4 is 5.73 Å². The highest BCUT2D eigenvalue weighted by atomic mass is 16.1. The Labute approximate surface area is 105 Å². The molecule has 0 aliphatic carbocycles. The van der Waals surface area contributed by atoms with Gasteiger partial charge in [-0.05, 0) is 13.0 Å². The fraction of sp³-hybridized carbons (Fsp3) is 0.0667. The van der Waals surface area contributed by atoms with Crippen molar-refractivity contribution in [1.29, 1.82) is 0 Å². The zero-order valence-corrected chi connectivity index (χ0v) is 10.0. The van der Waals surface area contributed by atoms with E-state index in [2.05, 4.69) is 0 Å². The number of hydrogen-bond acceptors (Lipinski definition) is 2. The quantitative estimate of drug-likeness (QED) is 0.835. The van der Waals surface area contributed by atoms with Gasteiger partial charge < -0.3 is 5.73 Å². The van der Waals surface area contributed by atoms with Crippen molar-refractivity contribution in [3.05, 3.63) is 70.8 Å². The highest BCUT2D eigenvalue weighted by Gasteiger charge is 2.15. The van der Waals surface area contributed by atoms with E-state index in [-0.39, 0.29) is 11.3 Å². The second-order valence-corrected chi connectivity index (χ2v) is 4.10. The van der Waals surface area contributed by atoms with E-state index in [1.807, 2.05) is 19.1 Å². The van der Waals surface area contributed by atoms with Crippen molar-refractivity contribution < 1.29 is 9.59 Å². The summed E-state index contributed by atoms with van der Waals surface area (Å²) >= 11 is 0. The molecular formula is C15H13NO2. The summed E-state index contributed by atoms with van der Waals surface area (Å²) in [6, 6.07) is 13.8. The Balaban J connectivity index is 2.46. The Kier molecular flexibility index (Phi) is 3.24. The maximum Gasteiger partial charge on any atom is 0.249 e. The number of amides is 1. The van der Waals surface area contributed by atoms with Crippen LogP contribution in [0.25, 0.3) is 0 Å². The third-order valence-corrected chi connectivity index (χ3v) is 2.75. The van der Waals surface area contributed by atoms with Crippen LogP contribution in [0, 0.1) is 6.92 Å². The molecule has 90 valence electrons. The topological polar surface area (TPSA) is 60.2 Å². The third-order valence-electron chi connectivity index (χ3n) is 2.75. The number of carbonyl (C=O) groups is 2. The second-order valence-electron chi connectivity index (χ2n) is 4.10. The molecule has 2 N–H and O–H groups in total. The van der Waals surface area contributed by atoms with E-state index < -0.39 is 5.91 Å². The summed E-state index contributed by atoms with van der Waals surface area (Å²) in [6.07, 6.45) is 0. The van der Waals surface area contributed by atoms with Crippen LogP contribution in [0.15, 0.2) is 48.5 Å². The van der Waals surface area contributed by atoms with Crippen LogP contribution in [0.4, 0.5) is 0 Å². The fourth-order valence-electron chi connectivity index (χ4n) is 1.76. The van der Waals surface area contributed by atoms with Crippen LogP contribution in [-0.2, 0) is 0 Å². The van der Waals surface area contributed by atoms with Crippen molar-refractivity contribution in [2.24, 2.45) is 5.73 Å². The molecule has 0 atom stereocenters. The van der Waals surface area contributed by atoms with Crippen molar-refractivity contribution in [2.45, 2.75) is 6.92 Å². The number of ketones is 1. The first-order valence-electron chi connectivity index (χ1n) is 5.60. The highest BCUT2D eigenvalue weighted by Crippen LogP contribution is 2.14. The van der Waals surface area contributed by atoms with E-state index in [0.29, 0.717) is 11.1 Å². The van der Waals surface area contributed by atoms with Gasteiger partial charge in [-0.3, -0.25) is 9.59 Å². The summed E-state index contributed by atoms with van der Waals surface area (Å²) < 4.78 is 0. The molecule has 2 aromatic rings. The van der Waals surface area contributed by atoms with Gasteiger partial charge in [-0.25, -0.2) is 0 Å². The molecule has 0 unspecified atom stereocenters. The number of hydrogen-bond donors (Lipinski definition) is 1. The Hall–Kier alpha value is -2.42. The van der Waals surface area contributed by atoms with Gasteiger partial charge in [-0.1, -0.05) is 48.0 Å². The van der Waals surface area contributed by atoms with Crippen LogP contribution >= 0.6 is 0 Å². The second kappa shape index (κ2) is 4.84. The number of rotatable bonds is 3. The monoisotopic (exact) mass is 239 g/mol. The normalized spacial score (nSPS) is 10.1. The molecule has 0 saturated heterocycles. The predicted octanol–water partition coefficient (Wildman–Crippen LogP) is 2.32. The first-order valence-corrected chi connectivity index (χ1v) is 5.60. The summed E-state index contributed by atoms with van der Waals surface area (Å²) in [5, 5.41) is 0. The van der Waals surface area contributed by atoms with Gasteiger partial charge in [-0.15, -0.1) is 0 Å². The van der Waals surface area contributed by atoms with Gasteiger partial charge >= 0.3 is 0 Å². The Morgan fingerprint density at radius 2 is 1.44 bits per heavy atom. The average Bonchev–Trinajstić information content (AvgIpc) is 2.39. The number of nitrogens with two attached hydrogens (primary N) is 1. The zero-order chi connectivity index (χ0) is 13.1. The van der Waals surface area contributed by atoms with E-state index in [1.54, 1.807) is 36.4 Å². The summed E-state index contributed by atoms with van der Waals surface area (Å²) in [7, 11) is 0. The minimum Gasteiger partial charge on any atom is -0.366 e. The van der Waals surface area contributed by atoms with Gasteiger partial charge in [0, 0.05) is 11.1 Å². The molecule has 2 rings (SSSR count). The molecule has 0 aliphatic rings. The largest absolute Gasteiger partial charge is 0.366 e. The molecule has 18 heavy (non-hydrogen) atoms. The van der Waals surface area contributed by atoms with Gasteiger partial charge in [0.2, 0.25) is 5.91 Å². The molecule has 2 aromatic carbocycles. The molecule has 3 nitrogen and oxygen atoms in total. The van der Waals surface area contributed by atoms with Crippen LogP contribution in [0.1, 0.15) is 31.8 Å². The minimum atomic E-state index is -0.592. The summed E-state index contributed by atoms with van der Waals surface area (Å²) in [4.78, 5) is 23.6. The molecule has 3 heteroatoms. The van der Waals surface area contributed by atoms with E-state index in [0.717, 1.165) is 5.56 Å². The average molecular weight is 239 g/mol. The Morgan fingerprint density at radius 1 is 0.889 bits per heavy atom. The lowest BCUT2D eigenvalue weighted by atomic mass is 9.97. The number of carbonyl (C=O) groups excluding carboxylic acids is 2. The standard InChI is InChI=1S/C15H13NO2/c1-10-6-8-11(9-7-10)14(17)12-4-2-3-5-13(12)15(16)18/h2-9H,1H3,(H2,16,18). The van der Waals surface area contributed by atoms with E-state index in [1.165, 1.54) is 0 Å². The smallest absolute Gasteiger partial charge is 0.249 e. The SMILES string of the molecule is Cc1ccc(C(=O)c2ccccc2C(N)=O)cc1. The van der Waals surface area contributed by atoms with E-state index >= 15 is 0 Å². The Morgan fingerprint density at radius 3 is 2.00 bits per heavy atom. The molecular weight excluding hydrogens is 226 g/mol. The maximum absolute atomic E-state index is 12.3. The zero-order valence-electron chi connectivity index (χ0n) is 10.0. The van der Waals surface area contributed by atoms with Crippen LogP contribution in [0.5, 0.6) is 0 Å². The van der Waals surface area contributed by atoms with Gasteiger partial charge in [0.25, 0.3) is 0 Å². The van der Waals surface area contributed by atoms with Gasteiger partial charge in [-0.2, -0.15) is 0 Å². The van der Waals surface area contributed by atoms with Crippen molar-refractivity contribution >= 4 is 11.7 Å². The first kappa shape index (κ1) is 12.0. The lowest BCUT2D eigenvalue weighted by molar-refractivity contribution is 0.0981. The van der Waals surface area contributed by atoms with Crippen molar-refractivity contribution in [2.75, 3.05) is 0 Å². The predicted molar refractivity (Wildman–Crippen MR) is 69.6 cm³/mol. The summed E-state index contributed by atoms with van der Waals surface area (Å²) in [5.41, 5.74) is 7.49. The van der Waals surface area contributed by atoms with Gasteiger partial charge in [0.1, 0.15) is 0 Å². The van der Waals surface area contributed by atoms with Crippen LogP contribution in [-0.4, -0.2) is 11.7 Å². The summed E-state index contributed by atoms with van der Waals surface area (Å²) in [5.74, 6) is -0.782. The lowest BCUT2D eigenvalue weighted by Gasteiger charge is -2.05. The van der Waals surface area contributed by atoms with Crippen molar-refractivity contribution in [3.63, 3.8) is 0 Å². The molecule has 0 spiro atoms. The molecule has 0 radical (unpaired) electrons.